The van der Waals surface area contributed by atoms with E-state index in [9.17, 15) is 8.42 Å². The van der Waals surface area contributed by atoms with Gasteiger partial charge in [-0.05, 0) is 19.1 Å². The summed E-state index contributed by atoms with van der Waals surface area (Å²) in [6.45, 7) is 5.43. The summed E-state index contributed by atoms with van der Waals surface area (Å²) in [5.41, 5.74) is 1.02. The molecule has 0 amide bonds. The van der Waals surface area contributed by atoms with Crippen LogP contribution in [-0.2, 0) is 10.0 Å². The van der Waals surface area contributed by atoms with Crippen molar-refractivity contribution in [3.05, 3.63) is 47.2 Å². The van der Waals surface area contributed by atoms with E-state index < -0.39 is 10.0 Å². The SMILES string of the molecule is C=CC[N-]S(=O)(=O)c1ccc(C)cc1.[Li+]. The number of rotatable bonds is 4. The predicted octanol–water partition coefficient (Wildman–Crippen LogP) is -0.753. The number of hydrogen-bond donors (Lipinski definition) is 0. The van der Waals surface area contributed by atoms with Gasteiger partial charge >= 0.3 is 18.9 Å². The van der Waals surface area contributed by atoms with Gasteiger partial charge in [0.25, 0.3) is 0 Å². The van der Waals surface area contributed by atoms with Gasteiger partial charge in [0.1, 0.15) is 10.0 Å². The van der Waals surface area contributed by atoms with Gasteiger partial charge in [-0.15, -0.1) is 19.2 Å². The van der Waals surface area contributed by atoms with Crippen LogP contribution in [0.5, 0.6) is 0 Å². The number of nitrogens with zero attached hydrogens (tertiary/aromatic N) is 1. The summed E-state index contributed by atoms with van der Waals surface area (Å²) in [6.07, 6.45) is 1.45. The standard InChI is InChI=1S/C10H12NO2S.Li/c1-3-8-11-14(12,13)10-6-4-9(2)5-7-10;/h3-7H,1,8H2,2H3;/q-1;+1. The molecule has 1 rings (SSSR count). The molecule has 15 heavy (non-hydrogen) atoms. The Hall–Kier alpha value is -0.533. The van der Waals surface area contributed by atoms with E-state index >= 15 is 0 Å². The molecule has 0 radical (unpaired) electrons. The minimum Gasteiger partial charge on any atom is -0.541 e. The van der Waals surface area contributed by atoms with Crippen LogP contribution in [0.25, 0.3) is 4.72 Å². The van der Waals surface area contributed by atoms with Crippen LogP contribution in [0.15, 0.2) is 41.8 Å². The Morgan fingerprint density at radius 3 is 2.33 bits per heavy atom. The Morgan fingerprint density at radius 1 is 1.33 bits per heavy atom. The first-order valence-electron chi connectivity index (χ1n) is 4.17. The molecule has 1 aromatic rings. The maximum atomic E-state index is 11.5. The fourth-order valence-electron chi connectivity index (χ4n) is 0.936. The average Bonchev–Trinajstić information content (AvgIpc) is 2.16. The van der Waals surface area contributed by atoms with Crippen molar-refractivity contribution in [3.63, 3.8) is 0 Å². The van der Waals surface area contributed by atoms with Crippen LogP contribution in [0, 0.1) is 6.92 Å². The van der Waals surface area contributed by atoms with Crippen LogP contribution in [-0.4, -0.2) is 15.0 Å². The van der Waals surface area contributed by atoms with Gasteiger partial charge in [0, 0.05) is 4.90 Å². The molecule has 0 saturated heterocycles. The zero-order chi connectivity index (χ0) is 10.6. The van der Waals surface area contributed by atoms with Crippen LogP contribution in [0.3, 0.4) is 0 Å². The van der Waals surface area contributed by atoms with Crippen molar-refractivity contribution in [1.82, 2.24) is 0 Å². The molecular weight excluding hydrogens is 205 g/mol. The van der Waals surface area contributed by atoms with E-state index in [-0.39, 0.29) is 30.3 Å². The fourth-order valence-corrected chi connectivity index (χ4v) is 1.87. The van der Waals surface area contributed by atoms with Gasteiger partial charge in [0.05, 0.1) is 0 Å². The van der Waals surface area contributed by atoms with Crippen molar-refractivity contribution in [3.8, 4) is 0 Å². The van der Waals surface area contributed by atoms with Gasteiger partial charge in [-0.2, -0.15) is 0 Å². The van der Waals surface area contributed by atoms with E-state index in [0.717, 1.165) is 5.56 Å². The largest absolute Gasteiger partial charge is 1.00 e. The summed E-state index contributed by atoms with van der Waals surface area (Å²) in [5.74, 6) is 0. The molecule has 1 aromatic carbocycles. The summed E-state index contributed by atoms with van der Waals surface area (Å²) in [7, 11) is -3.49. The smallest absolute Gasteiger partial charge is 0.541 e. The van der Waals surface area contributed by atoms with Gasteiger partial charge in [-0.1, -0.05) is 17.7 Å². The molecule has 0 saturated carbocycles. The maximum Gasteiger partial charge on any atom is 1.00 e. The van der Waals surface area contributed by atoms with Crippen molar-refractivity contribution in [2.75, 3.05) is 6.54 Å². The molecule has 0 N–H and O–H groups in total. The minimum atomic E-state index is -3.49. The topological polar surface area (TPSA) is 48.2 Å². The van der Waals surface area contributed by atoms with Crippen molar-refractivity contribution in [2.45, 2.75) is 11.8 Å². The zero-order valence-electron chi connectivity index (χ0n) is 8.97. The van der Waals surface area contributed by atoms with E-state index in [1.807, 2.05) is 6.92 Å². The van der Waals surface area contributed by atoms with Crippen LogP contribution in [0.2, 0.25) is 0 Å². The zero-order valence-corrected chi connectivity index (χ0v) is 9.79. The summed E-state index contributed by atoms with van der Waals surface area (Å²) < 4.78 is 26.5. The van der Waals surface area contributed by atoms with Gasteiger partial charge in [-0.25, -0.2) is 8.42 Å². The van der Waals surface area contributed by atoms with Crippen molar-refractivity contribution >= 4 is 10.0 Å². The molecule has 0 aliphatic carbocycles. The van der Waals surface area contributed by atoms with Crippen LogP contribution < -0.4 is 18.9 Å². The molecule has 76 valence electrons. The molecule has 5 heteroatoms. The van der Waals surface area contributed by atoms with Gasteiger partial charge in [-0.3, -0.25) is 0 Å². The first-order valence-corrected chi connectivity index (χ1v) is 5.61. The second-order valence-electron chi connectivity index (χ2n) is 2.89. The monoisotopic (exact) mass is 217 g/mol. The summed E-state index contributed by atoms with van der Waals surface area (Å²) >= 11 is 0. The van der Waals surface area contributed by atoms with Crippen molar-refractivity contribution < 1.29 is 27.3 Å². The Kier molecular flexibility index (Phi) is 5.92. The average molecular weight is 217 g/mol. The Morgan fingerprint density at radius 2 is 1.87 bits per heavy atom. The number of hydrogen-bond acceptors (Lipinski definition) is 2. The van der Waals surface area contributed by atoms with Crippen molar-refractivity contribution in [1.29, 1.82) is 0 Å². The second-order valence-corrected chi connectivity index (χ2v) is 4.57. The Balaban J connectivity index is 0.00000196. The molecule has 0 aromatic heterocycles. The molecule has 0 aliphatic rings. The van der Waals surface area contributed by atoms with Gasteiger partial charge < -0.3 is 4.72 Å². The molecule has 3 nitrogen and oxygen atoms in total. The second kappa shape index (κ2) is 6.14. The molecule has 0 heterocycles. The molecule has 0 bridgehead atoms. The van der Waals surface area contributed by atoms with E-state index in [4.69, 9.17) is 0 Å². The van der Waals surface area contributed by atoms with Gasteiger partial charge in [0.2, 0.25) is 0 Å². The fraction of sp³-hybridized carbons (Fsp3) is 0.200. The third-order valence-corrected chi connectivity index (χ3v) is 3.05. The van der Waals surface area contributed by atoms with Crippen LogP contribution in [0.1, 0.15) is 5.56 Å². The number of aryl methyl sites for hydroxylation is 1. The summed E-state index contributed by atoms with van der Waals surface area (Å²) in [4.78, 5) is 0.227. The molecule has 0 atom stereocenters. The normalized spacial score (nSPS) is 10.5. The van der Waals surface area contributed by atoms with Crippen LogP contribution in [0.4, 0.5) is 0 Å². The van der Waals surface area contributed by atoms with E-state index in [1.165, 1.54) is 6.08 Å². The van der Waals surface area contributed by atoms with E-state index in [1.54, 1.807) is 24.3 Å². The molecular formula is C10H12LiNO2S. The minimum absolute atomic E-state index is 0. The molecule has 0 fully saturated rings. The van der Waals surface area contributed by atoms with Crippen molar-refractivity contribution in [2.24, 2.45) is 0 Å². The molecule has 0 spiro atoms. The molecule has 0 aliphatic heterocycles. The maximum absolute atomic E-state index is 11.5. The number of sulfonamides is 1. The van der Waals surface area contributed by atoms with E-state index in [0.29, 0.717) is 0 Å². The first kappa shape index (κ1) is 14.5. The Labute approximate surface area is 103 Å². The first-order chi connectivity index (χ1) is 6.56. The summed E-state index contributed by atoms with van der Waals surface area (Å²) in [6, 6.07) is 6.60. The number of benzene rings is 1. The molecule has 0 unspecified atom stereocenters. The predicted molar refractivity (Wildman–Crippen MR) is 56.8 cm³/mol. The van der Waals surface area contributed by atoms with E-state index in [2.05, 4.69) is 11.3 Å². The Bertz CT molecular complexity index is 412. The summed E-state index contributed by atoms with van der Waals surface area (Å²) in [5, 5.41) is 0. The van der Waals surface area contributed by atoms with Gasteiger partial charge in [0.15, 0.2) is 0 Å². The third kappa shape index (κ3) is 4.23. The third-order valence-electron chi connectivity index (χ3n) is 1.69. The van der Waals surface area contributed by atoms with Crippen LogP contribution >= 0.6 is 0 Å². The quantitative estimate of drug-likeness (QED) is 0.492.